The molecule has 1 aliphatic rings. The van der Waals surface area contributed by atoms with Crippen molar-refractivity contribution >= 4 is 28.7 Å². The summed E-state index contributed by atoms with van der Waals surface area (Å²) in [6, 6.07) is 3.60. The van der Waals surface area contributed by atoms with Gasteiger partial charge in [-0.1, -0.05) is 18.5 Å². The van der Waals surface area contributed by atoms with Crippen LogP contribution >= 0.6 is 22.9 Å². The average molecular weight is 230 g/mol. The molecule has 2 heterocycles. The predicted molar refractivity (Wildman–Crippen MR) is 59.3 cm³/mol. The van der Waals surface area contributed by atoms with E-state index in [2.05, 4.69) is 5.32 Å². The highest BCUT2D eigenvalue weighted by Gasteiger charge is 2.37. The lowest BCUT2D eigenvalue weighted by atomic mass is 9.84. The van der Waals surface area contributed by atoms with Crippen molar-refractivity contribution in [3.8, 4) is 0 Å². The monoisotopic (exact) mass is 229 g/mol. The van der Waals surface area contributed by atoms with Crippen LogP contribution < -0.4 is 5.32 Å². The van der Waals surface area contributed by atoms with Gasteiger partial charge in [0.15, 0.2) is 5.78 Å². The van der Waals surface area contributed by atoms with Crippen molar-refractivity contribution in [2.75, 3.05) is 13.1 Å². The van der Waals surface area contributed by atoms with Gasteiger partial charge < -0.3 is 5.32 Å². The molecule has 1 fully saturated rings. The summed E-state index contributed by atoms with van der Waals surface area (Å²) in [5, 5.41) is 3.22. The Bertz CT molecular complexity index is 355. The number of carbonyl (C=O) groups excluding carboxylic acids is 1. The van der Waals surface area contributed by atoms with Gasteiger partial charge >= 0.3 is 0 Å². The second-order valence-corrected chi connectivity index (χ2v) is 5.64. The summed E-state index contributed by atoms with van der Waals surface area (Å²) in [4.78, 5) is 12.9. The summed E-state index contributed by atoms with van der Waals surface area (Å²) in [5.74, 6) is 0.222. The molecule has 1 N–H and O–H groups in total. The lowest BCUT2D eigenvalue weighted by molar-refractivity contribution is 0.0844. The van der Waals surface area contributed by atoms with Crippen molar-refractivity contribution in [2.24, 2.45) is 5.41 Å². The SMILES string of the molecule is CC1(C(=O)c2ccc(Cl)s2)CCNC1. The normalized spacial score (nSPS) is 26.7. The predicted octanol–water partition coefficient (Wildman–Crippen LogP) is 2.58. The Hall–Kier alpha value is -0.380. The molecular weight excluding hydrogens is 218 g/mol. The van der Waals surface area contributed by atoms with Crippen LogP contribution in [0.5, 0.6) is 0 Å². The van der Waals surface area contributed by atoms with E-state index in [9.17, 15) is 4.79 Å². The molecule has 14 heavy (non-hydrogen) atoms. The van der Waals surface area contributed by atoms with E-state index in [1.54, 1.807) is 6.07 Å². The Morgan fingerprint density at radius 3 is 2.93 bits per heavy atom. The van der Waals surface area contributed by atoms with Gasteiger partial charge in [-0.15, -0.1) is 11.3 Å². The number of ketones is 1. The zero-order valence-electron chi connectivity index (χ0n) is 7.97. The Labute approximate surface area is 92.3 Å². The summed E-state index contributed by atoms with van der Waals surface area (Å²) in [5.41, 5.74) is -0.228. The number of hydrogen-bond acceptors (Lipinski definition) is 3. The van der Waals surface area contributed by atoms with Crippen molar-refractivity contribution in [1.29, 1.82) is 0 Å². The van der Waals surface area contributed by atoms with Gasteiger partial charge in [0.2, 0.25) is 0 Å². The third-order valence-corrected chi connectivity index (χ3v) is 3.94. The molecule has 1 aliphatic heterocycles. The van der Waals surface area contributed by atoms with Gasteiger partial charge in [0.25, 0.3) is 0 Å². The van der Waals surface area contributed by atoms with E-state index < -0.39 is 0 Å². The number of hydrogen-bond donors (Lipinski definition) is 1. The summed E-state index contributed by atoms with van der Waals surface area (Å²) in [6.07, 6.45) is 0.918. The van der Waals surface area contributed by atoms with Gasteiger partial charge in [0.05, 0.1) is 9.21 Å². The molecule has 1 aromatic heterocycles. The molecule has 0 spiro atoms. The van der Waals surface area contributed by atoms with Crippen molar-refractivity contribution < 1.29 is 4.79 Å². The van der Waals surface area contributed by atoms with Crippen LogP contribution in [0.15, 0.2) is 12.1 Å². The molecule has 2 rings (SSSR count). The number of halogens is 1. The van der Waals surface area contributed by atoms with Gasteiger partial charge in [-0.3, -0.25) is 4.79 Å². The molecule has 1 saturated heterocycles. The van der Waals surface area contributed by atoms with E-state index in [1.165, 1.54) is 11.3 Å². The van der Waals surface area contributed by atoms with Crippen molar-refractivity contribution in [3.05, 3.63) is 21.3 Å². The summed E-state index contributed by atoms with van der Waals surface area (Å²) < 4.78 is 0.683. The minimum Gasteiger partial charge on any atom is -0.316 e. The molecule has 0 bridgehead atoms. The van der Waals surface area contributed by atoms with E-state index in [4.69, 9.17) is 11.6 Å². The second-order valence-electron chi connectivity index (χ2n) is 3.92. The molecule has 0 aliphatic carbocycles. The van der Waals surface area contributed by atoms with Crippen LogP contribution in [0.3, 0.4) is 0 Å². The zero-order valence-corrected chi connectivity index (χ0v) is 9.54. The maximum atomic E-state index is 12.1. The molecule has 1 unspecified atom stereocenters. The lowest BCUT2D eigenvalue weighted by Gasteiger charge is -2.19. The van der Waals surface area contributed by atoms with Crippen LogP contribution in [0.25, 0.3) is 0 Å². The number of nitrogens with one attached hydrogen (secondary N) is 1. The number of carbonyl (C=O) groups is 1. The lowest BCUT2D eigenvalue weighted by Crippen LogP contribution is -2.29. The van der Waals surface area contributed by atoms with Crippen LogP contribution in [-0.2, 0) is 0 Å². The first-order valence-corrected chi connectivity index (χ1v) is 5.82. The maximum Gasteiger partial charge on any atom is 0.180 e. The van der Waals surface area contributed by atoms with Gasteiger partial charge in [0.1, 0.15) is 0 Å². The number of Topliss-reactive ketones (excluding diaryl/α,β-unsaturated/α-hetero) is 1. The smallest absolute Gasteiger partial charge is 0.180 e. The fraction of sp³-hybridized carbons (Fsp3) is 0.500. The molecule has 1 aromatic rings. The molecule has 1 atom stereocenters. The molecule has 76 valence electrons. The molecule has 0 amide bonds. The van der Waals surface area contributed by atoms with E-state index >= 15 is 0 Å². The van der Waals surface area contributed by atoms with Crippen LogP contribution in [0.1, 0.15) is 23.0 Å². The van der Waals surface area contributed by atoms with E-state index in [-0.39, 0.29) is 11.2 Å². The van der Waals surface area contributed by atoms with Crippen molar-refractivity contribution in [3.63, 3.8) is 0 Å². The van der Waals surface area contributed by atoms with Gasteiger partial charge in [-0.2, -0.15) is 0 Å². The quantitative estimate of drug-likeness (QED) is 0.790. The minimum atomic E-state index is -0.228. The fourth-order valence-corrected chi connectivity index (χ4v) is 2.88. The molecule has 4 heteroatoms. The molecule has 2 nitrogen and oxygen atoms in total. The Kier molecular flexibility index (Phi) is 2.64. The van der Waals surface area contributed by atoms with Crippen molar-refractivity contribution in [2.45, 2.75) is 13.3 Å². The standard InChI is InChI=1S/C10H12ClNOS/c1-10(4-5-12-6-10)9(13)7-2-3-8(11)14-7/h2-3,12H,4-6H2,1H3. The highest BCUT2D eigenvalue weighted by Crippen LogP contribution is 2.33. The largest absolute Gasteiger partial charge is 0.316 e. The van der Waals surface area contributed by atoms with Gasteiger partial charge in [-0.25, -0.2) is 0 Å². The topological polar surface area (TPSA) is 29.1 Å². The van der Waals surface area contributed by atoms with E-state index in [1.807, 2.05) is 13.0 Å². The summed E-state index contributed by atoms with van der Waals surface area (Å²) in [7, 11) is 0. The van der Waals surface area contributed by atoms with Gasteiger partial charge in [-0.05, 0) is 25.1 Å². The van der Waals surface area contributed by atoms with Crippen LogP contribution in [-0.4, -0.2) is 18.9 Å². The second kappa shape index (κ2) is 3.65. The molecule has 0 saturated carbocycles. The van der Waals surface area contributed by atoms with Crippen LogP contribution in [0, 0.1) is 5.41 Å². The highest BCUT2D eigenvalue weighted by molar-refractivity contribution is 7.18. The first kappa shape index (κ1) is 10.1. The Balaban J connectivity index is 2.23. The van der Waals surface area contributed by atoms with Crippen LogP contribution in [0.4, 0.5) is 0 Å². The molecular formula is C10H12ClNOS. The minimum absolute atomic E-state index is 0.222. The first-order chi connectivity index (χ1) is 6.62. The summed E-state index contributed by atoms with van der Waals surface area (Å²) >= 11 is 7.18. The van der Waals surface area contributed by atoms with E-state index in [0.29, 0.717) is 4.34 Å². The number of thiophene rings is 1. The summed E-state index contributed by atoms with van der Waals surface area (Å²) in [6.45, 7) is 3.73. The fourth-order valence-electron chi connectivity index (χ4n) is 1.74. The Morgan fingerprint density at radius 2 is 2.43 bits per heavy atom. The first-order valence-electron chi connectivity index (χ1n) is 4.63. The van der Waals surface area contributed by atoms with Gasteiger partial charge in [0, 0.05) is 12.0 Å². The van der Waals surface area contributed by atoms with Crippen molar-refractivity contribution in [1.82, 2.24) is 5.32 Å². The maximum absolute atomic E-state index is 12.1. The average Bonchev–Trinajstić information content (AvgIpc) is 2.74. The zero-order chi connectivity index (χ0) is 10.2. The van der Waals surface area contributed by atoms with Crippen LogP contribution in [0.2, 0.25) is 4.34 Å². The molecule has 0 radical (unpaired) electrons. The third-order valence-electron chi connectivity index (χ3n) is 2.71. The number of rotatable bonds is 2. The highest BCUT2D eigenvalue weighted by atomic mass is 35.5. The van der Waals surface area contributed by atoms with E-state index in [0.717, 1.165) is 24.4 Å². The molecule has 0 aromatic carbocycles. The third kappa shape index (κ3) is 1.72. The Morgan fingerprint density at radius 1 is 1.64 bits per heavy atom.